The Hall–Kier alpha value is -3.58. The third kappa shape index (κ3) is 7.15. The number of piperazine rings is 1. The van der Waals surface area contributed by atoms with Crippen LogP contribution in [0.5, 0.6) is 6.01 Å². The lowest BCUT2D eigenvalue weighted by molar-refractivity contribution is -0.131. The predicted molar refractivity (Wildman–Crippen MR) is 186 cm³/mol. The molecule has 13 heteroatoms. The molecule has 2 fully saturated rings. The number of amides is 1. The van der Waals surface area contributed by atoms with Crippen molar-refractivity contribution in [3.63, 3.8) is 0 Å². The Bertz CT molecular complexity index is 1680. The lowest BCUT2D eigenvalue weighted by atomic mass is 10.0. The minimum Gasteiger partial charge on any atom is -0.462 e. The molecule has 0 radical (unpaired) electrons. The number of halogens is 2. The highest BCUT2D eigenvalue weighted by Crippen LogP contribution is 2.36. The summed E-state index contributed by atoms with van der Waals surface area (Å²) in [5.74, 6) is -1.09. The molecule has 3 aromatic rings. The first-order valence-electron chi connectivity index (χ1n) is 16.0. The van der Waals surface area contributed by atoms with Gasteiger partial charge in [0.2, 0.25) is 6.54 Å². The summed E-state index contributed by atoms with van der Waals surface area (Å²) in [6.45, 7) is 14.2. The molecule has 2 N–H and O–H groups in total. The van der Waals surface area contributed by atoms with Crippen LogP contribution in [0.4, 0.5) is 15.9 Å². The normalized spacial score (nSPS) is 20.6. The average molecular weight is 760 g/mol. The van der Waals surface area contributed by atoms with Gasteiger partial charge in [-0.2, -0.15) is 9.97 Å². The van der Waals surface area contributed by atoms with E-state index in [9.17, 15) is 19.4 Å². The molecule has 3 atom stereocenters. The Balaban J connectivity index is 1.32. The number of anilines is 2. The second-order valence-corrected chi connectivity index (χ2v) is 13.5. The summed E-state index contributed by atoms with van der Waals surface area (Å²) in [5.41, 5.74) is 3.00. The number of hydrogen-bond acceptors (Lipinski definition) is 9. The largest absolute Gasteiger partial charge is 0.462 e. The highest BCUT2D eigenvalue weighted by Gasteiger charge is 2.36. The van der Waals surface area contributed by atoms with Gasteiger partial charge >= 0.3 is 6.01 Å². The van der Waals surface area contributed by atoms with Crippen molar-refractivity contribution in [2.24, 2.45) is 0 Å². The number of β-amino-alcohol motifs (C(OH)–C–C–N with tert-alkyl or cyclic N) is 1. The Morgan fingerprint density at radius 2 is 1.96 bits per heavy atom. The van der Waals surface area contributed by atoms with Crippen LogP contribution in [0.25, 0.3) is 15.6 Å². The Morgan fingerprint density at radius 1 is 1.15 bits per heavy atom. The summed E-state index contributed by atoms with van der Waals surface area (Å²) in [7, 11) is 0. The van der Waals surface area contributed by atoms with Crippen molar-refractivity contribution in [2.45, 2.75) is 44.0 Å². The highest BCUT2D eigenvalue weighted by atomic mass is 131. The van der Waals surface area contributed by atoms with Crippen molar-refractivity contribution in [1.82, 2.24) is 19.8 Å². The van der Waals surface area contributed by atoms with Crippen LogP contribution in [-0.2, 0) is 17.8 Å². The zero-order chi connectivity index (χ0) is 33.1. The highest BCUT2D eigenvalue weighted by molar-refractivity contribution is 14.1. The molecule has 0 bridgehead atoms. The van der Waals surface area contributed by atoms with Crippen LogP contribution in [-0.4, -0.2) is 113 Å². The predicted octanol–water partition coefficient (Wildman–Crippen LogP) is 3.41. The van der Waals surface area contributed by atoms with E-state index in [0.717, 1.165) is 48.7 Å². The first kappa shape index (κ1) is 33.3. The maximum absolute atomic E-state index is 13.9. The molecule has 47 heavy (non-hydrogen) atoms. The van der Waals surface area contributed by atoms with Gasteiger partial charge in [0.1, 0.15) is 18.5 Å². The number of ether oxygens (including phenoxy) is 1. The number of benzene rings is 2. The standard InChI is InChI=1S/C34H39FIN7O4/c1-22(35)33(46)43-15-14-42(17-25(43)16-37-2)32-27-11-13-41(30-10-4-7-23-6-3-9-28(36)31(23)30)19-29(27)38-34(39-32)47-21-24-8-5-12-40(24)18-26(45)20-44/h3-4,6-7,9-10,24-26,44-45H,1,5,8,11-21H2/t24-,25-,26?/m0/s1/i36+4. The average Bonchev–Trinajstić information content (AvgIpc) is 3.52. The molecule has 3 aliphatic heterocycles. The molecule has 6 rings (SSSR count). The molecule has 4 heterocycles. The summed E-state index contributed by atoms with van der Waals surface area (Å²) in [6, 6.07) is 12.4. The molecule has 11 nitrogen and oxygen atoms in total. The van der Waals surface area contributed by atoms with E-state index in [2.05, 4.69) is 85.1 Å². The monoisotopic (exact) mass is 759 g/mol. The van der Waals surface area contributed by atoms with Gasteiger partial charge in [-0.05, 0) is 65.9 Å². The summed E-state index contributed by atoms with van der Waals surface area (Å²) in [5, 5.41) is 21.8. The van der Waals surface area contributed by atoms with Crippen LogP contribution in [0.2, 0.25) is 0 Å². The number of aromatic nitrogens is 2. The number of carbonyl (C=O) groups is 1. The Kier molecular flexibility index (Phi) is 10.4. The van der Waals surface area contributed by atoms with E-state index in [1.54, 1.807) is 0 Å². The van der Waals surface area contributed by atoms with Crippen molar-refractivity contribution in [2.75, 3.05) is 68.8 Å². The van der Waals surface area contributed by atoms with Gasteiger partial charge in [0.15, 0.2) is 5.83 Å². The second-order valence-electron chi connectivity index (χ2n) is 12.3. The molecule has 1 amide bonds. The number of nitrogens with zero attached hydrogens (tertiary/aromatic N) is 7. The topological polar surface area (TPSA) is 110 Å². The maximum Gasteiger partial charge on any atom is 0.318 e. The summed E-state index contributed by atoms with van der Waals surface area (Å²) in [6.07, 6.45) is 1.75. The lowest BCUT2D eigenvalue weighted by Crippen LogP contribution is -2.57. The first-order valence-corrected chi connectivity index (χ1v) is 17.1. The van der Waals surface area contributed by atoms with Crippen LogP contribution in [0.3, 0.4) is 0 Å². The molecular weight excluding hydrogens is 720 g/mol. The smallest absolute Gasteiger partial charge is 0.318 e. The number of fused-ring (bicyclic) bond motifs is 2. The number of likely N-dealkylation sites (tertiary alicyclic amines) is 1. The van der Waals surface area contributed by atoms with Crippen molar-refractivity contribution < 1.29 is 24.1 Å². The van der Waals surface area contributed by atoms with Gasteiger partial charge in [0.05, 0.1) is 24.9 Å². The van der Waals surface area contributed by atoms with Crippen molar-refractivity contribution in [3.8, 4) is 6.01 Å². The van der Waals surface area contributed by atoms with Crippen LogP contribution >= 0.6 is 22.6 Å². The SMILES string of the molecule is [C-]#[N+]C[C@H]1CN(c2nc(OC[C@@H]3CCCN3CC(O)CO)nc3c2CCN(c2cccc4cccc([131I])c24)C3)CCN1C(=O)C(=C)F. The van der Waals surface area contributed by atoms with Crippen LogP contribution in [0, 0.1) is 10.1 Å². The van der Waals surface area contributed by atoms with E-state index < -0.39 is 23.9 Å². The van der Waals surface area contributed by atoms with Crippen LogP contribution < -0.4 is 14.5 Å². The molecular formula is C34H39FIN7O4. The molecule has 2 aromatic carbocycles. The zero-order valence-electron chi connectivity index (χ0n) is 26.2. The quantitative estimate of drug-likeness (QED) is 0.183. The number of aliphatic hydroxyl groups excluding tert-OH is 2. The summed E-state index contributed by atoms with van der Waals surface area (Å²) >= 11 is 2.39. The molecule has 2 saturated heterocycles. The van der Waals surface area contributed by atoms with E-state index in [-0.39, 0.29) is 31.7 Å². The van der Waals surface area contributed by atoms with Gasteiger partial charge < -0.3 is 34.5 Å². The third-order valence-corrected chi connectivity index (χ3v) is 10.2. The minimum absolute atomic E-state index is 0.0385. The van der Waals surface area contributed by atoms with Gasteiger partial charge in [-0.15, -0.1) is 0 Å². The minimum atomic E-state index is -1.03. The number of hydrogen-bond donors (Lipinski definition) is 2. The van der Waals surface area contributed by atoms with Gasteiger partial charge in [-0.1, -0.05) is 30.8 Å². The van der Waals surface area contributed by atoms with Crippen molar-refractivity contribution in [3.05, 3.63) is 75.0 Å². The lowest BCUT2D eigenvalue weighted by Gasteiger charge is -2.41. The fourth-order valence-electron chi connectivity index (χ4n) is 7.02. The third-order valence-electron chi connectivity index (χ3n) is 9.33. The number of aliphatic hydroxyl groups is 2. The van der Waals surface area contributed by atoms with Gasteiger partial charge in [0.25, 0.3) is 5.91 Å². The fraction of sp³-hybridized carbons (Fsp3) is 0.471. The van der Waals surface area contributed by atoms with Crippen LogP contribution in [0.1, 0.15) is 24.1 Å². The van der Waals surface area contributed by atoms with E-state index >= 15 is 0 Å². The van der Waals surface area contributed by atoms with Gasteiger partial charge in [-0.3, -0.25) is 9.69 Å². The first-order chi connectivity index (χ1) is 22.8. The van der Waals surface area contributed by atoms with Gasteiger partial charge in [0, 0.05) is 59.0 Å². The summed E-state index contributed by atoms with van der Waals surface area (Å²) in [4.78, 5) is 33.9. The van der Waals surface area contributed by atoms with E-state index in [4.69, 9.17) is 21.3 Å². The zero-order valence-corrected chi connectivity index (χ0v) is 28.4. The molecule has 0 spiro atoms. The Morgan fingerprint density at radius 3 is 2.72 bits per heavy atom. The second kappa shape index (κ2) is 14.7. The summed E-state index contributed by atoms with van der Waals surface area (Å²) < 4.78 is 21.3. The molecule has 1 aromatic heterocycles. The molecule has 3 aliphatic rings. The maximum atomic E-state index is 13.9. The van der Waals surface area contributed by atoms with E-state index in [0.29, 0.717) is 39.2 Å². The number of rotatable bonds is 10. The number of carbonyl (C=O) groups excluding carboxylic acids is 1. The fourth-order valence-corrected chi connectivity index (χ4v) is 7.81. The molecule has 0 saturated carbocycles. The van der Waals surface area contributed by atoms with Gasteiger partial charge in [-0.25, -0.2) is 11.0 Å². The Labute approximate surface area is 287 Å². The van der Waals surface area contributed by atoms with Crippen molar-refractivity contribution in [1.29, 1.82) is 0 Å². The molecule has 248 valence electrons. The molecule has 1 unspecified atom stereocenters. The van der Waals surface area contributed by atoms with Crippen LogP contribution in [0.15, 0.2) is 48.8 Å². The van der Waals surface area contributed by atoms with Crippen molar-refractivity contribution >= 4 is 50.8 Å². The van der Waals surface area contributed by atoms with E-state index in [1.165, 1.54) is 19.2 Å². The molecule has 0 aliphatic carbocycles. The van der Waals surface area contributed by atoms with E-state index in [1.807, 2.05) is 0 Å².